The summed E-state index contributed by atoms with van der Waals surface area (Å²) in [5, 5.41) is 6.64. The summed E-state index contributed by atoms with van der Waals surface area (Å²) in [5.41, 5.74) is -0.369. The van der Waals surface area contributed by atoms with Crippen molar-refractivity contribution in [2.45, 2.75) is 58.2 Å². The predicted octanol–water partition coefficient (Wildman–Crippen LogP) is 5.58. The van der Waals surface area contributed by atoms with E-state index in [1.807, 2.05) is 19.9 Å². The van der Waals surface area contributed by atoms with Crippen LogP contribution in [0, 0.1) is 0 Å². The average molecular weight is 391 g/mol. The largest absolute Gasteiger partial charge is 0.418 e. The SMILES string of the molecule is CC(C)(CO[Si](C)(C)C(C)(C)C)c1cc(NC(=O)Oc2ccccc2)no1. The molecule has 1 heterocycles. The summed E-state index contributed by atoms with van der Waals surface area (Å²) in [4.78, 5) is 12.0. The quantitative estimate of drug-likeness (QED) is 0.651. The second kappa shape index (κ2) is 7.86. The second-order valence-electron chi connectivity index (χ2n) is 8.84. The van der Waals surface area contributed by atoms with E-state index in [0.717, 1.165) is 0 Å². The zero-order valence-electron chi connectivity index (χ0n) is 17.3. The maximum atomic E-state index is 12.0. The normalized spacial score (nSPS) is 12.7. The Hall–Kier alpha value is -2.12. The van der Waals surface area contributed by atoms with Gasteiger partial charge in [0.25, 0.3) is 0 Å². The molecule has 7 heteroatoms. The Kier molecular flexibility index (Phi) is 6.16. The Morgan fingerprint density at radius 3 is 2.37 bits per heavy atom. The molecule has 0 saturated carbocycles. The first kappa shape index (κ1) is 21.2. The van der Waals surface area contributed by atoms with Crippen LogP contribution in [0.5, 0.6) is 5.75 Å². The van der Waals surface area contributed by atoms with Crippen LogP contribution in [-0.4, -0.2) is 26.2 Å². The number of carbonyl (C=O) groups is 1. The highest BCUT2D eigenvalue weighted by Crippen LogP contribution is 2.38. The standard InChI is InChI=1S/C20H30N2O4Si/c1-19(2,3)27(6,7)24-14-20(4,5)16-13-17(22-26-16)21-18(23)25-15-11-9-8-10-12-15/h8-13H,14H2,1-7H3,(H,21,22,23). The smallest absolute Gasteiger partial charge is 0.416 e. The molecule has 27 heavy (non-hydrogen) atoms. The summed E-state index contributed by atoms with van der Waals surface area (Å²) in [6.07, 6.45) is -0.614. The van der Waals surface area contributed by atoms with Gasteiger partial charge in [-0.3, -0.25) is 5.32 Å². The molecule has 1 aromatic heterocycles. The van der Waals surface area contributed by atoms with Crippen molar-refractivity contribution >= 4 is 20.2 Å². The molecule has 1 N–H and O–H groups in total. The van der Waals surface area contributed by atoms with Crippen LogP contribution in [-0.2, 0) is 9.84 Å². The maximum absolute atomic E-state index is 12.0. The molecule has 0 atom stereocenters. The summed E-state index contributed by atoms with van der Waals surface area (Å²) >= 11 is 0. The van der Waals surface area contributed by atoms with Gasteiger partial charge in [0.2, 0.25) is 0 Å². The zero-order chi connectivity index (χ0) is 20.3. The average Bonchev–Trinajstić information content (AvgIpc) is 3.02. The fourth-order valence-corrected chi connectivity index (χ4v) is 3.18. The van der Waals surface area contributed by atoms with Gasteiger partial charge in [-0.1, -0.05) is 58.0 Å². The highest BCUT2D eigenvalue weighted by Gasteiger charge is 2.39. The molecular formula is C20H30N2O4Si. The minimum Gasteiger partial charge on any atom is -0.416 e. The predicted molar refractivity (Wildman–Crippen MR) is 109 cm³/mol. The monoisotopic (exact) mass is 390 g/mol. The van der Waals surface area contributed by atoms with Gasteiger partial charge in [-0.2, -0.15) is 0 Å². The van der Waals surface area contributed by atoms with Crippen LogP contribution < -0.4 is 10.1 Å². The number of rotatable bonds is 6. The van der Waals surface area contributed by atoms with Crippen LogP contribution in [0.1, 0.15) is 40.4 Å². The van der Waals surface area contributed by atoms with Crippen LogP contribution >= 0.6 is 0 Å². The molecule has 2 aromatic rings. The lowest BCUT2D eigenvalue weighted by molar-refractivity contribution is 0.190. The number of amides is 1. The number of aromatic nitrogens is 1. The number of hydrogen-bond donors (Lipinski definition) is 1. The molecule has 0 fully saturated rings. The van der Waals surface area contributed by atoms with E-state index in [1.165, 1.54) is 0 Å². The molecule has 0 saturated heterocycles. The van der Waals surface area contributed by atoms with Crippen LogP contribution in [0.15, 0.2) is 40.9 Å². The lowest BCUT2D eigenvalue weighted by atomic mass is 9.92. The van der Waals surface area contributed by atoms with Gasteiger partial charge in [-0.05, 0) is 30.3 Å². The van der Waals surface area contributed by atoms with Gasteiger partial charge in [0, 0.05) is 18.1 Å². The molecule has 1 aromatic carbocycles. The van der Waals surface area contributed by atoms with Crippen molar-refractivity contribution in [1.29, 1.82) is 0 Å². The van der Waals surface area contributed by atoms with Gasteiger partial charge < -0.3 is 13.7 Å². The Labute approximate surface area is 162 Å². The molecule has 0 bridgehead atoms. The fourth-order valence-electron chi connectivity index (χ4n) is 2.03. The highest BCUT2D eigenvalue weighted by molar-refractivity contribution is 6.74. The number of ether oxygens (including phenoxy) is 1. The molecular weight excluding hydrogens is 360 g/mol. The zero-order valence-corrected chi connectivity index (χ0v) is 18.3. The topological polar surface area (TPSA) is 73.6 Å². The number of carbonyl (C=O) groups excluding carboxylic acids is 1. The number of nitrogens with zero attached hydrogens (tertiary/aromatic N) is 1. The number of para-hydroxylation sites is 1. The van der Waals surface area contributed by atoms with Crippen molar-refractivity contribution in [3.63, 3.8) is 0 Å². The van der Waals surface area contributed by atoms with Gasteiger partial charge in [-0.15, -0.1) is 0 Å². The molecule has 0 unspecified atom stereocenters. The molecule has 0 aliphatic heterocycles. The molecule has 0 aliphatic carbocycles. The highest BCUT2D eigenvalue weighted by atomic mass is 28.4. The Bertz CT molecular complexity index is 764. The van der Waals surface area contributed by atoms with E-state index >= 15 is 0 Å². The molecule has 1 amide bonds. The number of nitrogens with one attached hydrogen (secondary N) is 1. The molecule has 6 nitrogen and oxygen atoms in total. The van der Waals surface area contributed by atoms with Crippen LogP contribution in [0.2, 0.25) is 18.1 Å². The van der Waals surface area contributed by atoms with Gasteiger partial charge in [-0.25, -0.2) is 4.79 Å². The Balaban J connectivity index is 1.98. The minimum atomic E-state index is -1.86. The van der Waals surface area contributed by atoms with Crippen molar-refractivity contribution in [3.05, 3.63) is 42.2 Å². The Morgan fingerprint density at radius 1 is 1.15 bits per heavy atom. The third kappa shape index (κ3) is 5.67. The number of hydrogen-bond acceptors (Lipinski definition) is 5. The third-order valence-corrected chi connectivity index (χ3v) is 9.44. The summed E-state index contributed by atoms with van der Waals surface area (Å²) in [7, 11) is -1.86. The lowest BCUT2D eigenvalue weighted by Gasteiger charge is -2.38. The second-order valence-corrected chi connectivity index (χ2v) is 13.6. The number of benzene rings is 1. The van der Waals surface area contributed by atoms with E-state index in [9.17, 15) is 4.79 Å². The van der Waals surface area contributed by atoms with E-state index in [0.29, 0.717) is 23.9 Å². The summed E-state index contributed by atoms with van der Waals surface area (Å²) in [5.74, 6) is 1.42. The fraction of sp³-hybridized carbons (Fsp3) is 0.500. The van der Waals surface area contributed by atoms with Crippen molar-refractivity contribution < 1.29 is 18.5 Å². The minimum absolute atomic E-state index is 0.137. The molecule has 148 valence electrons. The first-order valence-corrected chi connectivity index (χ1v) is 12.0. The van der Waals surface area contributed by atoms with Gasteiger partial charge in [0.05, 0.1) is 0 Å². The van der Waals surface area contributed by atoms with Crippen LogP contribution in [0.25, 0.3) is 0 Å². The van der Waals surface area contributed by atoms with Crippen LogP contribution in [0.4, 0.5) is 10.6 Å². The van der Waals surface area contributed by atoms with E-state index in [1.54, 1.807) is 30.3 Å². The molecule has 0 aliphatic rings. The first-order valence-electron chi connectivity index (χ1n) is 9.06. The summed E-state index contributed by atoms with van der Waals surface area (Å²) in [6.45, 7) is 15.7. The van der Waals surface area contributed by atoms with Crippen molar-refractivity contribution in [2.75, 3.05) is 11.9 Å². The van der Waals surface area contributed by atoms with E-state index < -0.39 is 14.4 Å². The maximum Gasteiger partial charge on any atom is 0.418 e. The van der Waals surface area contributed by atoms with Crippen molar-refractivity contribution in [2.24, 2.45) is 0 Å². The number of anilines is 1. The van der Waals surface area contributed by atoms with E-state index in [2.05, 4.69) is 44.3 Å². The van der Waals surface area contributed by atoms with Crippen LogP contribution in [0.3, 0.4) is 0 Å². The lowest BCUT2D eigenvalue weighted by Crippen LogP contribution is -2.43. The molecule has 0 radical (unpaired) electrons. The van der Waals surface area contributed by atoms with Gasteiger partial charge >= 0.3 is 6.09 Å². The summed E-state index contributed by atoms with van der Waals surface area (Å²) < 4.78 is 17.0. The molecule has 2 rings (SSSR count). The van der Waals surface area contributed by atoms with Crippen molar-refractivity contribution in [1.82, 2.24) is 5.16 Å². The van der Waals surface area contributed by atoms with Crippen molar-refractivity contribution in [3.8, 4) is 5.75 Å². The van der Waals surface area contributed by atoms with Gasteiger partial charge in [0.1, 0.15) is 11.5 Å². The van der Waals surface area contributed by atoms with E-state index in [4.69, 9.17) is 13.7 Å². The third-order valence-electron chi connectivity index (χ3n) is 4.96. The van der Waals surface area contributed by atoms with Gasteiger partial charge in [0.15, 0.2) is 14.1 Å². The molecule has 0 spiro atoms. The first-order chi connectivity index (χ1) is 12.4. The Morgan fingerprint density at radius 2 is 1.78 bits per heavy atom. The summed E-state index contributed by atoms with van der Waals surface area (Å²) in [6, 6.07) is 10.6. The van der Waals surface area contributed by atoms with E-state index in [-0.39, 0.29) is 10.5 Å².